The molecule has 0 aliphatic heterocycles. The lowest BCUT2D eigenvalue weighted by atomic mass is 9.96. The van der Waals surface area contributed by atoms with Crippen LogP contribution in [0.4, 0.5) is 5.69 Å². The molecule has 1 aliphatic carbocycles. The Hall–Kier alpha value is -1.16. The minimum absolute atomic E-state index is 0.354. The van der Waals surface area contributed by atoms with Crippen molar-refractivity contribution in [3.63, 3.8) is 0 Å². The van der Waals surface area contributed by atoms with Crippen LogP contribution in [0, 0.1) is 0 Å². The second-order valence-electron chi connectivity index (χ2n) is 4.98. The van der Waals surface area contributed by atoms with E-state index in [0.717, 1.165) is 5.69 Å². The Morgan fingerprint density at radius 2 is 1.83 bits per heavy atom. The summed E-state index contributed by atoms with van der Waals surface area (Å²) in [6, 6.07) is 4.48. The molecule has 2 rings (SSSR count). The van der Waals surface area contributed by atoms with Crippen molar-refractivity contribution in [3.8, 4) is 0 Å². The summed E-state index contributed by atoms with van der Waals surface area (Å²) in [5.41, 5.74) is 7.29. The number of pyridine rings is 1. The summed E-state index contributed by atoms with van der Waals surface area (Å²) in [5, 5.41) is 3.57. The summed E-state index contributed by atoms with van der Waals surface area (Å²) in [7, 11) is 0. The highest BCUT2D eigenvalue weighted by Crippen LogP contribution is 2.20. The molecule has 3 N–H and O–H groups in total. The number of nitrogens with zero attached hydrogens (tertiary/aromatic N) is 1. The number of nitrogens with one attached hydrogen (secondary N) is 1. The van der Waals surface area contributed by atoms with Crippen LogP contribution in [0.1, 0.15) is 50.6 Å². The first kappa shape index (κ1) is 13.3. The van der Waals surface area contributed by atoms with E-state index in [9.17, 15) is 0 Å². The Morgan fingerprint density at radius 1 is 1.17 bits per heavy atom. The molecule has 1 aromatic rings. The summed E-state index contributed by atoms with van der Waals surface area (Å²) in [5.74, 6) is 0. The van der Waals surface area contributed by atoms with Crippen LogP contribution < -0.4 is 11.1 Å². The molecule has 0 bridgehead atoms. The maximum Gasteiger partial charge on any atom is 0.122 e. The minimum Gasteiger partial charge on any atom is -0.388 e. The molecular weight excluding hydrogens is 242 g/mol. The Labute approximate surface area is 114 Å². The van der Waals surface area contributed by atoms with Gasteiger partial charge in [-0.05, 0) is 25.0 Å². The molecule has 4 heteroatoms. The zero-order chi connectivity index (χ0) is 12.8. The van der Waals surface area contributed by atoms with Crippen molar-refractivity contribution in [2.75, 3.05) is 5.32 Å². The fourth-order valence-electron chi connectivity index (χ4n) is 2.46. The van der Waals surface area contributed by atoms with Gasteiger partial charge in [0.25, 0.3) is 0 Å². The monoisotopic (exact) mass is 263 g/mol. The fourth-order valence-corrected chi connectivity index (χ4v) is 2.58. The standard InChI is InChI=1S/C14H21N3S/c15-14(18)13-9-8-12(10-16-13)17-11-6-4-2-1-3-5-7-11/h8-11,17H,1-7H2,(H2,15,18). The maximum absolute atomic E-state index is 5.53. The second-order valence-corrected chi connectivity index (χ2v) is 5.42. The number of hydrogen-bond acceptors (Lipinski definition) is 3. The van der Waals surface area contributed by atoms with Gasteiger partial charge in [0.15, 0.2) is 0 Å². The number of hydrogen-bond donors (Lipinski definition) is 2. The van der Waals surface area contributed by atoms with E-state index in [4.69, 9.17) is 18.0 Å². The predicted molar refractivity (Wildman–Crippen MR) is 79.9 cm³/mol. The molecule has 0 atom stereocenters. The molecule has 18 heavy (non-hydrogen) atoms. The molecule has 0 unspecified atom stereocenters. The van der Waals surface area contributed by atoms with Crippen LogP contribution in [0.5, 0.6) is 0 Å². The van der Waals surface area contributed by atoms with Crippen molar-refractivity contribution in [3.05, 3.63) is 24.0 Å². The van der Waals surface area contributed by atoms with Crippen LogP contribution in [0.2, 0.25) is 0 Å². The van der Waals surface area contributed by atoms with Crippen molar-refractivity contribution in [1.29, 1.82) is 0 Å². The quantitative estimate of drug-likeness (QED) is 0.822. The van der Waals surface area contributed by atoms with Crippen molar-refractivity contribution in [2.24, 2.45) is 5.73 Å². The van der Waals surface area contributed by atoms with Gasteiger partial charge in [0, 0.05) is 6.04 Å². The minimum atomic E-state index is 0.354. The third-order valence-electron chi connectivity index (χ3n) is 3.49. The van der Waals surface area contributed by atoms with Gasteiger partial charge in [0.05, 0.1) is 17.6 Å². The van der Waals surface area contributed by atoms with Gasteiger partial charge >= 0.3 is 0 Å². The number of thiocarbonyl (C=S) groups is 1. The van der Waals surface area contributed by atoms with Gasteiger partial charge in [-0.1, -0.05) is 44.3 Å². The van der Waals surface area contributed by atoms with Crippen molar-refractivity contribution >= 4 is 22.9 Å². The number of aromatic nitrogens is 1. The molecule has 1 saturated carbocycles. The lowest BCUT2D eigenvalue weighted by molar-refractivity contribution is 0.471. The number of nitrogens with two attached hydrogens (primary N) is 1. The molecule has 1 aromatic heterocycles. The molecule has 1 aliphatic rings. The Morgan fingerprint density at radius 3 is 2.39 bits per heavy atom. The third kappa shape index (κ3) is 3.95. The van der Waals surface area contributed by atoms with E-state index in [1.807, 2.05) is 18.3 Å². The Bertz CT molecular complexity index is 381. The van der Waals surface area contributed by atoms with Crippen LogP contribution in [0.3, 0.4) is 0 Å². The highest BCUT2D eigenvalue weighted by Gasteiger charge is 2.11. The molecule has 1 heterocycles. The highest BCUT2D eigenvalue weighted by molar-refractivity contribution is 7.80. The average molecular weight is 263 g/mol. The fraction of sp³-hybridized carbons (Fsp3) is 0.571. The maximum atomic E-state index is 5.53. The summed E-state index contributed by atoms with van der Waals surface area (Å²) in [6.07, 6.45) is 11.2. The van der Waals surface area contributed by atoms with Crippen LogP contribution >= 0.6 is 12.2 Å². The Kier molecular flexibility index (Phi) is 4.93. The van der Waals surface area contributed by atoms with Gasteiger partial charge in [0.2, 0.25) is 0 Å². The van der Waals surface area contributed by atoms with Crippen LogP contribution in [-0.2, 0) is 0 Å². The van der Waals surface area contributed by atoms with Crippen molar-refractivity contribution in [2.45, 2.75) is 51.0 Å². The molecule has 1 fully saturated rings. The summed E-state index contributed by atoms with van der Waals surface area (Å²) in [6.45, 7) is 0. The van der Waals surface area contributed by atoms with E-state index in [2.05, 4.69) is 10.3 Å². The third-order valence-corrected chi connectivity index (χ3v) is 3.70. The van der Waals surface area contributed by atoms with E-state index >= 15 is 0 Å². The molecule has 3 nitrogen and oxygen atoms in total. The number of anilines is 1. The van der Waals surface area contributed by atoms with Crippen LogP contribution in [0.25, 0.3) is 0 Å². The zero-order valence-electron chi connectivity index (χ0n) is 10.7. The van der Waals surface area contributed by atoms with Gasteiger partial charge in [0.1, 0.15) is 4.99 Å². The van der Waals surface area contributed by atoms with Gasteiger partial charge < -0.3 is 11.1 Å². The molecule has 98 valence electrons. The SMILES string of the molecule is NC(=S)c1ccc(NC2CCCCCCC2)cn1. The lowest BCUT2D eigenvalue weighted by Gasteiger charge is -2.22. The number of rotatable bonds is 3. The lowest BCUT2D eigenvalue weighted by Crippen LogP contribution is -2.21. The van der Waals surface area contributed by atoms with E-state index in [-0.39, 0.29) is 0 Å². The summed E-state index contributed by atoms with van der Waals surface area (Å²) >= 11 is 4.89. The largest absolute Gasteiger partial charge is 0.388 e. The first-order chi connectivity index (χ1) is 8.75. The van der Waals surface area contributed by atoms with Gasteiger partial charge in [-0.2, -0.15) is 0 Å². The smallest absolute Gasteiger partial charge is 0.122 e. The summed E-state index contributed by atoms with van der Waals surface area (Å²) < 4.78 is 0. The van der Waals surface area contributed by atoms with Crippen LogP contribution in [-0.4, -0.2) is 16.0 Å². The first-order valence-electron chi connectivity index (χ1n) is 6.78. The predicted octanol–water partition coefficient (Wildman–Crippen LogP) is 3.24. The van der Waals surface area contributed by atoms with Gasteiger partial charge in [-0.25, -0.2) is 0 Å². The molecule has 0 aromatic carbocycles. The molecule has 0 radical (unpaired) electrons. The highest BCUT2D eigenvalue weighted by atomic mass is 32.1. The molecule has 0 saturated heterocycles. The van der Waals surface area contributed by atoms with E-state index in [1.54, 1.807) is 0 Å². The zero-order valence-corrected chi connectivity index (χ0v) is 11.5. The average Bonchev–Trinajstić information content (AvgIpc) is 2.33. The van der Waals surface area contributed by atoms with E-state index in [0.29, 0.717) is 16.7 Å². The van der Waals surface area contributed by atoms with Gasteiger partial charge in [-0.3, -0.25) is 4.98 Å². The van der Waals surface area contributed by atoms with E-state index < -0.39 is 0 Å². The van der Waals surface area contributed by atoms with Gasteiger partial charge in [-0.15, -0.1) is 0 Å². The molecular formula is C14H21N3S. The van der Waals surface area contributed by atoms with Crippen molar-refractivity contribution < 1.29 is 0 Å². The second kappa shape index (κ2) is 6.69. The first-order valence-corrected chi connectivity index (χ1v) is 7.19. The Balaban J connectivity index is 1.92. The molecule has 0 amide bonds. The summed E-state index contributed by atoms with van der Waals surface area (Å²) in [4.78, 5) is 4.61. The van der Waals surface area contributed by atoms with E-state index in [1.165, 1.54) is 44.9 Å². The molecule has 0 spiro atoms. The van der Waals surface area contributed by atoms with Crippen LogP contribution in [0.15, 0.2) is 18.3 Å². The normalized spacial score (nSPS) is 17.8. The van der Waals surface area contributed by atoms with Crippen molar-refractivity contribution in [1.82, 2.24) is 4.98 Å². The topological polar surface area (TPSA) is 50.9 Å².